The molecule has 0 fully saturated rings. The Balaban J connectivity index is 3.32. The molecule has 0 amide bonds. The second-order valence-electron chi connectivity index (χ2n) is 1.59. The monoisotopic (exact) mass is 148 g/mol. The number of halogens is 1. The van der Waals surface area contributed by atoms with E-state index in [1.807, 2.05) is 6.92 Å². The highest BCUT2D eigenvalue weighted by atomic mass is 35.5. The Morgan fingerprint density at radius 1 is 1.78 bits per heavy atom. The van der Waals surface area contributed by atoms with E-state index in [0.717, 1.165) is 12.8 Å². The van der Waals surface area contributed by atoms with Gasteiger partial charge >= 0.3 is 5.97 Å². The molecular formula is C6H9ClO2. The number of rotatable bonds is 3. The molecule has 0 aliphatic heterocycles. The van der Waals surface area contributed by atoms with Gasteiger partial charge in [-0.3, -0.25) is 0 Å². The molecule has 0 aliphatic carbocycles. The van der Waals surface area contributed by atoms with Crippen LogP contribution in [0.3, 0.4) is 0 Å². The first-order valence-corrected chi connectivity index (χ1v) is 3.11. The van der Waals surface area contributed by atoms with Crippen LogP contribution in [-0.4, -0.2) is 5.97 Å². The summed E-state index contributed by atoms with van der Waals surface area (Å²) in [5.74, 6) is -0.509. The second-order valence-corrected chi connectivity index (χ2v) is 1.74. The fourth-order valence-corrected chi connectivity index (χ4v) is 0.423. The summed E-state index contributed by atoms with van der Waals surface area (Å²) in [4.78, 5) is 10.2. The topological polar surface area (TPSA) is 26.3 Å². The molecule has 52 valence electrons. The third-order valence-corrected chi connectivity index (χ3v) is 0.937. The lowest BCUT2D eigenvalue weighted by atomic mass is 10.3. The first kappa shape index (κ1) is 8.50. The predicted molar refractivity (Wildman–Crippen MR) is 36.0 cm³/mol. The van der Waals surface area contributed by atoms with Crippen molar-refractivity contribution in [2.75, 3.05) is 0 Å². The quantitative estimate of drug-likeness (QED) is 0.573. The van der Waals surface area contributed by atoms with Crippen molar-refractivity contribution >= 4 is 17.8 Å². The van der Waals surface area contributed by atoms with Gasteiger partial charge < -0.3 is 4.29 Å². The molecular weight excluding hydrogens is 140 g/mol. The Bertz CT molecular complexity index is 110. The summed E-state index contributed by atoms with van der Waals surface area (Å²) in [6.07, 6.45) is 4.94. The van der Waals surface area contributed by atoms with Crippen LogP contribution < -0.4 is 0 Å². The van der Waals surface area contributed by atoms with Crippen LogP contribution in [0.25, 0.3) is 0 Å². The maximum Gasteiger partial charge on any atom is 0.348 e. The fourth-order valence-electron chi connectivity index (χ4n) is 0.372. The lowest BCUT2D eigenvalue weighted by molar-refractivity contribution is -0.128. The highest BCUT2D eigenvalue weighted by molar-refractivity contribution is 6.14. The van der Waals surface area contributed by atoms with Gasteiger partial charge in [0.05, 0.1) is 0 Å². The Labute approximate surface area is 59.6 Å². The van der Waals surface area contributed by atoms with Crippen LogP contribution in [0.2, 0.25) is 0 Å². The van der Waals surface area contributed by atoms with E-state index < -0.39 is 5.97 Å². The standard InChI is InChI=1S/C6H9ClO2/c1-2-3-4-5-6(8)9-7/h4-5H,2-3H2,1H3. The van der Waals surface area contributed by atoms with E-state index in [-0.39, 0.29) is 0 Å². The minimum atomic E-state index is -0.509. The van der Waals surface area contributed by atoms with Gasteiger partial charge in [0.15, 0.2) is 0 Å². The van der Waals surface area contributed by atoms with Crippen LogP contribution >= 0.6 is 11.9 Å². The zero-order chi connectivity index (χ0) is 7.11. The molecule has 0 bridgehead atoms. The van der Waals surface area contributed by atoms with Gasteiger partial charge in [0.25, 0.3) is 0 Å². The number of allylic oxidation sites excluding steroid dienone is 1. The summed E-state index contributed by atoms with van der Waals surface area (Å²) in [6.45, 7) is 2.02. The molecule has 2 nitrogen and oxygen atoms in total. The normalized spacial score (nSPS) is 10.0. The molecule has 0 aromatic carbocycles. The lowest BCUT2D eigenvalue weighted by Gasteiger charge is -1.83. The Morgan fingerprint density at radius 3 is 2.89 bits per heavy atom. The van der Waals surface area contributed by atoms with Gasteiger partial charge in [-0.05, 0) is 6.42 Å². The van der Waals surface area contributed by atoms with Crippen molar-refractivity contribution in [1.29, 1.82) is 0 Å². The van der Waals surface area contributed by atoms with Crippen molar-refractivity contribution < 1.29 is 9.08 Å². The maximum absolute atomic E-state index is 10.2. The third kappa shape index (κ3) is 5.37. The van der Waals surface area contributed by atoms with Crippen LogP contribution in [0.15, 0.2) is 12.2 Å². The maximum atomic E-state index is 10.2. The SMILES string of the molecule is CCCC=CC(=O)OCl. The van der Waals surface area contributed by atoms with Gasteiger partial charge in [-0.1, -0.05) is 19.4 Å². The molecule has 0 aliphatic rings. The molecule has 3 heteroatoms. The Kier molecular flexibility index (Phi) is 5.32. The van der Waals surface area contributed by atoms with Crippen molar-refractivity contribution in [2.45, 2.75) is 19.8 Å². The van der Waals surface area contributed by atoms with Crippen molar-refractivity contribution in [2.24, 2.45) is 0 Å². The van der Waals surface area contributed by atoms with E-state index >= 15 is 0 Å². The lowest BCUT2D eigenvalue weighted by Crippen LogP contribution is -1.88. The van der Waals surface area contributed by atoms with E-state index in [9.17, 15) is 4.79 Å². The smallest absolute Gasteiger partial charge is 0.344 e. The third-order valence-electron chi connectivity index (χ3n) is 0.785. The summed E-state index contributed by atoms with van der Waals surface area (Å²) in [5.41, 5.74) is 0. The van der Waals surface area contributed by atoms with Gasteiger partial charge in [-0.2, -0.15) is 0 Å². The number of unbranched alkanes of at least 4 members (excludes halogenated alkanes) is 1. The molecule has 0 radical (unpaired) electrons. The molecule has 0 unspecified atom stereocenters. The van der Waals surface area contributed by atoms with E-state index in [1.54, 1.807) is 6.08 Å². The van der Waals surface area contributed by atoms with Gasteiger partial charge in [-0.15, -0.1) is 0 Å². The number of carbonyl (C=O) groups excluding carboxylic acids is 1. The number of hydrogen-bond donors (Lipinski definition) is 0. The molecule has 9 heavy (non-hydrogen) atoms. The zero-order valence-electron chi connectivity index (χ0n) is 5.26. The fraction of sp³-hybridized carbons (Fsp3) is 0.500. The van der Waals surface area contributed by atoms with Crippen LogP contribution in [0.1, 0.15) is 19.8 Å². The summed E-state index contributed by atoms with van der Waals surface area (Å²) in [5, 5.41) is 0. The first-order chi connectivity index (χ1) is 4.31. The van der Waals surface area contributed by atoms with E-state index in [1.165, 1.54) is 6.08 Å². The summed E-state index contributed by atoms with van der Waals surface area (Å²) in [7, 11) is 0. The van der Waals surface area contributed by atoms with Gasteiger partial charge in [0.2, 0.25) is 0 Å². The largest absolute Gasteiger partial charge is 0.348 e. The van der Waals surface area contributed by atoms with Crippen molar-refractivity contribution in [1.82, 2.24) is 0 Å². The van der Waals surface area contributed by atoms with Crippen molar-refractivity contribution in [3.05, 3.63) is 12.2 Å². The molecule has 0 N–H and O–H groups in total. The molecule has 0 aromatic heterocycles. The van der Waals surface area contributed by atoms with Gasteiger partial charge in [0, 0.05) is 6.08 Å². The summed E-state index contributed by atoms with van der Waals surface area (Å²) < 4.78 is 3.84. The highest BCUT2D eigenvalue weighted by Crippen LogP contribution is 1.90. The Morgan fingerprint density at radius 2 is 2.44 bits per heavy atom. The average Bonchev–Trinajstić information content (AvgIpc) is 1.89. The van der Waals surface area contributed by atoms with Crippen LogP contribution in [0.4, 0.5) is 0 Å². The van der Waals surface area contributed by atoms with Crippen LogP contribution in [0, 0.1) is 0 Å². The molecule has 0 saturated carbocycles. The molecule has 0 rings (SSSR count). The number of carbonyl (C=O) groups is 1. The molecule has 0 atom stereocenters. The van der Waals surface area contributed by atoms with Crippen molar-refractivity contribution in [3.8, 4) is 0 Å². The van der Waals surface area contributed by atoms with E-state index in [4.69, 9.17) is 11.9 Å². The Hall–Kier alpha value is -0.500. The predicted octanol–water partition coefficient (Wildman–Crippen LogP) is 2.04. The minimum Gasteiger partial charge on any atom is -0.344 e. The van der Waals surface area contributed by atoms with Crippen molar-refractivity contribution in [3.63, 3.8) is 0 Å². The van der Waals surface area contributed by atoms with Gasteiger partial charge in [0.1, 0.15) is 11.9 Å². The number of hydrogen-bond acceptors (Lipinski definition) is 2. The zero-order valence-corrected chi connectivity index (χ0v) is 6.02. The van der Waals surface area contributed by atoms with E-state index in [0.29, 0.717) is 0 Å². The van der Waals surface area contributed by atoms with Gasteiger partial charge in [-0.25, -0.2) is 4.79 Å². The summed E-state index contributed by atoms with van der Waals surface area (Å²) in [6, 6.07) is 0. The highest BCUT2D eigenvalue weighted by Gasteiger charge is 1.89. The second kappa shape index (κ2) is 5.63. The van der Waals surface area contributed by atoms with E-state index in [2.05, 4.69) is 4.29 Å². The molecule has 0 heterocycles. The molecule has 0 spiro atoms. The molecule has 0 saturated heterocycles. The summed E-state index contributed by atoms with van der Waals surface area (Å²) >= 11 is 4.73. The average molecular weight is 149 g/mol. The van der Waals surface area contributed by atoms with Crippen LogP contribution in [-0.2, 0) is 9.08 Å². The first-order valence-electron chi connectivity index (χ1n) is 2.80. The minimum absolute atomic E-state index is 0.509. The van der Waals surface area contributed by atoms with Crippen LogP contribution in [0.5, 0.6) is 0 Å². The molecule has 0 aromatic rings.